The van der Waals surface area contributed by atoms with Gasteiger partial charge in [0.05, 0.1) is 6.17 Å². The predicted octanol–water partition coefficient (Wildman–Crippen LogP) is 0.576. The third-order valence-electron chi connectivity index (χ3n) is 3.72. The third kappa shape index (κ3) is 3.00. The van der Waals surface area contributed by atoms with Crippen molar-refractivity contribution in [2.24, 2.45) is 5.73 Å². The van der Waals surface area contributed by atoms with Crippen LogP contribution in [0.3, 0.4) is 0 Å². The summed E-state index contributed by atoms with van der Waals surface area (Å²) >= 11 is 1.67. The SMILES string of the molecule is C#CCOc1ccc(C2CC(=O)NC3NC(N)SC32)cc1. The van der Waals surface area contributed by atoms with E-state index in [-0.39, 0.29) is 35.3 Å². The fourth-order valence-electron chi connectivity index (χ4n) is 2.80. The molecule has 4 atom stereocenters. The maximum Gasteiger partial charge on any atom is 0.221 e. The van der Waals surface area contributed by atoms with Crippen molar-refractivity contribution < 1.29 is 9.53 Å². The second-order valence-corrected chi connectivity index (χ2v) is 6.43. The number of nitrogens with one attached hydrogen (secondary N) is 2. The number of amides is 1. The number of benzene rings is 1. The van der Waals surface area contributed by atoms with Gasteiger partial charge < -0.3 is 15.8 Å². The van der Waals surface area contributed by atoms with Gasteiger partial charge in [0, 0.05) is 17.6 Å². The first kappa shape index (κ1) is 14.3. The highest BCUT2D eigenvalue weighted by Crippen LogP contribution is 2.40. The third-order valence-corrected chi connectivity index (χ3v) is 5.07. The molecule has 1 aromatic carbocycles. The Kier molecular flexibility index (Phi) is 4.06. The van der Waals surface area contributed by atoms with E-state index in [4.69, 9.17) is 16.9 Å². The van der Waals surface area contributed by atoms with Gasteiger partial charge in [0.25, 0.3) is 0 Å². The van der Waals surface area contributed by atoms with Crippen LogP contribution in [-0.2, 0) is 4.79 Å². The Morgan fingerprint density at radius 3 is 2.90 bits per heavy atom. The standard InChI is InChI=1S/C15H17N3O2S/c1-2-7-20-10-5-3-9(4-6-10)11-8-12(19)17-14-13(11)21-15(16)18-14/h1,3-6,11,13-15,18H,7-8,16H2,(H,17,19). The molecule has 2 fully saturated rings. The van der Waals surface area contributed by atoms with Crippen LogP contribution in [0.15, 0.2) is 24.3 Å². The van der Waals surface area contributed by atoms with E-state index in [0.717, 1.165) is 11.3 Å². The lowest BCUT2D eigenvalue weighted by molar-refractivity contribution is -0.123. The van der Waals surface area contributed by atoms with Crippen molar-refractivity contribution >= 4 is 17.7 Å². The summed E-state index contributed by atoms with van der Waals surface area (Å²) in [5.41, 5.74) is 6.90. The Morgan fingerprint density at radius 2 is 2.19 bits per heavy atom. The van der Waals surface area contributed by atoms with Crippen molar-refractivity contribution in [1.29, 1.82) is 0 Å². The van der Waals surface area contributed by atoms with Gasteiger partial charge in [-0.25, -0.2) is 0 Å². The highest BCUT2D eigenvalue weighted by molar-refractivity contribution is 8.00. The summed E-state index contributed by atoms with van der Waals surface area (Å²) in [5.74, 6) is 3.37. The van der Waals surface area contributed by atoms with E-state index in [9.17, 15) is 4.79 Å². The maximum atomic E-state index is 11.9. The Labute approximate surface area is 128 Å². The summed E-state index contributed by atoms with van der Waals surface area (Å²) in [7, 11) is 0. The van der Waals surface area contributed by atoms with E-state index in [1.54, 1.807) is 11.8 Å². The van der Waals surface area contributed by atoms with Crippen LogP contribution in [0.25, 0.3) is 0 Å². The lowest BCUT2D eigenvalue weighted by Gasteiger charge is -2.33. The number of hydrogen-bond donors (Lipinski definition) is 3. The van der Waals surface area contributed by atoms with E-state index in [2.05, 4.69) is 16.6 Å². The summed E-state index contributed by atoms with van der Waals surface area (Å²) in [6, 6.07) is 7.77. The minimum atomic E-state index is -0.140. The van der Waals surface area contributed by atoms with Gasteiger partial charge in [-0.15, -0.1) is 18.2 Å². The molecule has 3 rings (SSSR count). The smallest absolute Gasteiger partial charge is 0.221 e. The maximum absolute atomic E-state index is 11.9. The van der Waals surface area contributed by atoms with Crippen LogP contribution in [0.4, 0.5) is 0 Å². The molecule has 5 nitrogen and oxygen atoms in total. The molecular formula is C15H17N3O2S. The highest BCUT2D eigenvalue weighted by atomic mass is 32.2. The lowest BCUT2D eigenvalue weighted by atomic mass is 9.88. The number of carbonyl (C=O) groups is 1. The first-order valence-corrected chi connectivity index (χ1v) is 7.74. The molecule has 0 saturated carbocycles. The molecule has 6 heteroatoms. The molecule has 21 heavy (non-hydrogen) atoms. The van der Waals surface area contributed by atoms with Gasteiger partial charge >= 0.3 is 0 Å². The van der Waals surface area contributed by atoms with Crippen LogP contribution in [0, 0.1) is 12.3 Å². The molecule has 2 heterocycles. The molecule has 2 aliphatic heterocycles. The highest BCUT2D eigenvalue weighted by Gasteiger charge is 2.43. The summed E-state index contributed by atoms with van der Waals surface area (Å²) in [6.07, 6.45) is 5.59. The van der Waals surface area contributed by atoms with Gasteiger partial charge in [0.1, 0.15) is 17.9 Å². The molecule has 110 valence electrons. The second-order valence-electron chi connectivity index (χ2n) is 5.11. The zero-order chi connectivity index (χ0) is 14.8. The van der Waals surface area contributed by atoms with E-state index < -0.39 is 0 Å². The molecule has 0 aromatic heterocycles. The quantitative estimate of drug-likeness (QED) is 0.712. The van der Waals surface area contributed by atoms with Crippen LogP contribution in [-0.4, -0.2) is 29.4 Å². The van der Waals surface area contributed by atoms with E-state index >= 15 is 0 Å². The Morgan fingerprint density at radius 1 is 1.43 bits per heavy atom. The minimum Gasteiger partial charge on any atom is -0.481 e. The van der Waals surface area contributed by atoms with Crippen LogP contribution in [0.1, 0.15) is 17.9 Å². The van der Waals surface area contributed by atoms with Gasteiger partial charge in [-0.3, -0.25) is 10.1 Å². The van der Waals surface area contributed by atoms with Gasteiger partial charge in [-0.05, 0) is 17.7 Å². The summed E-state index contributed by atoms with van der Waals surface area (Å²) < 4.78 is 5.37. The normalized spacial score (nSPS) is 31.1. The number of rotatable bonds is 3. The first-order valence-electron chi connectivity index (χ1n) is 6.80. The molecule has 0 spiro atoms. The van der Waals surface area contributed by atoms with Crippen LogP contribution >= 0.6 is 11.8 Å². The van der Waals surface area contributed by atoms with Crippen molar-refractivity contribution in [3.05, 3.63) is 29.8 Å². The topological polar surface area (TPSA) is 76.4 Å². The number of fused-ring (bicyclic) bond motifs is 1. The summed E-state index contributed by atoms with van der Waals surface area (Å²) in [4.78, 5) is 11.9. The molecule has 0 aliphatic carbocycles. The summed E-state index contributed by atoms with van der Waals surface area (Å²) in [5, 5.41) is 6.38. The zero-order valence-corrected chi connectivity index (χ0v) is 12.2. The lowest BCUT2D eigenvalue weighted by Crippen LogP contribution is -2.54. The molecule has 4 unspecified atom stereocenters. The van der Waals surface area contributed by atoms with Gasteiger partial charge in [0.15, 0.2) is 0 Å². The number of terminal acetylenes is 1. The first-order chi connectivity index (χ1) is 10.2. The minimum absolute atomic E-state index is 0.0520. The number of hydrogen-bond acceptors (Lipinski definition) is 5. The predicted molar refractivity (Wildman–Crippen MR) is 82.5 cm³/mol. The van der Waals surface area contributed by atoms with Crippen LogP contribution in [0.5, 0.6) is 5.75 Å². The fourth-order valence-corrected chi connectivity index (χ4v) is 4.11. The molecule has 1 amide bonds. The second kappa shape index (κ2) is 5.98. The molecular weight excluding hydrogens is 286 g/mol. The number of nitrogens with two attached hydrogens (primary N) is 1. The Balaban J connectivity index is 1.78. The van der Waals surface area contributed by atoms with Crippen molar-refractivity contribution in [1.82, 2.24) is 10.6 Å². The molecule has 2 saturated heterocycles. The van der Waals surface area contributed by atoms with Crippen molar-refractivity contribution in [3.63, 3.8) is 0 Å². The average molecular weight is 303 g/mol. The van der Waals surface area contributed by atoms with Gasteiger partial charge in [0.2, 0.25) is 5.91 Å². The van der Waals surface area contributed by atoms with Crippen LogP contribution < -0.4 is 21.1 Å². The number of carbonyl (C=O) groups excluding carboxylic acids is 1. The van der Waals surface area contributed by atoms with Gasteiger partial charge in [-0.1, -0.05) is 18.1 Å². The van der Waals surface area contributed by atoms with Crippen LogP contribution in [0.2, 0.25) is 0 Å². The molecule has 2 aliphatic rings. The molecule has 0 bridgehead atoms. The number of ether oxygens (including phenoxy) is 1. The number of piperidine rings is 1. The Bertz CT molecular complexity index is 569. The van der Waals surface area contributed by atoms with Crippen molar-refractivity contribution in [2.75, 3.05) is 6.61 Å². The van der Waals surface area contributed by atoms with E-state index in [0.29, 0.717) is 6.42 Å². The molecule has 1 aromatic rings. The fraction of sp³-hybridized carbons (Fsp3) is 0.400. The molecule has 4 N–H and O–H groups in total. The monoisotopic (exact) mass is 303 g/mol. The molecule has 0 radical (unpaired) electrons. The summed E-state index contributed by atoms with van der Waals surface area (Å²) in [6.45, 7) is 0.254. The average Bonchev–Trinajstić information content (AvgIpc) is 2.85. The van der Waals surface area contributed by atoms with Crippen molar-refractivity contribution in [2.45, 2.75) is 29.3 Å². The zero-order valence-electron chi connectivity index (χ0n) is 11.4. The Hall–Kier alpha value is -1.68. The van der Waals surface area contributed by atoms with Gasteiger partial charge in [-0.2, -0.15) is 0 Å². The largest absolute Gasteiger partial charge is 0.481 e. The van der Waals surface area contributed by atoms with E-state index in [1.165, 1.54) is 0 Å². The van der Waals surface area contributed by atoms with E-state index in [1.807, 2.05) is 24.3 Å². The number of thioether (sulfide) groups is 1. The van der Waals surface area contributed by atoms with Crippen molar-refractivity contribution in [3.8, 4) is 18.1 Å².